The third-order valence-corrected chi connectivity index (χ3v) is 3.67. The molecule has 0 radical (unpaired) electrons. The second kappa shape index (κ2) is 8.49. The minimum Gasteiger partial charge on any atom is -0.466 e. The van der Waals surface area contributed by atoms with E-state index in [9.17, 15) is 9.59 Å². The highest BCUT2D eigenvalue weighted by Crippen LogP contribution is 2.12. The van der Waals surface area contributed by atoms with Gasteiger partial charge in [0, 0.05) is 38.0 Å². The van der Waals surface area contributed by atoms with Gasteiger partial charge in [-0.3, -0.25) is 14.5 Å². The predicted molar refractivity (Wildman–Crippen MR) is 85.7 cm³/mol. The molecule has 1 aliphatic rings. The first-order valence-corrected chi connectivity index (χ1v) is 7.84. The molecule has 1 aromatic rings. The number of rotatable bonds is 8. The molecule has 4 nitrogen and oxygen atoms in total. The predicted octanol–water partition coefficient (Wildman–Crippen LogP) is 2.97. The number of ether oxygens (including phenoxy) is 1. The van der Waals surface area contributed by atoms with E-state index in [1.54, 1.807) is 6.92 Å². The largest absolute Gasteiger partial charge is 0.466 e. The molecule has 0 saturated carbocycles. The van der Waals surface area contributed by atoms with Crippen LogP contribution < -0.4 is 0 Å². The van der Waals surface area contributed by atoms with Crippen LogP contribution in [-0.2, 0) is 16.1 Å². The van der Waals surface area contributed by atoms with Crippen LogP contribution in [0, 0.1) is 0 Å². The first kappa shape index (κ1) is 16.4. The molecular formula is C18H23NO3. The lowest BCUT2D eigenvalue weighted by Crippen LogP contribution is -2.19. The van der Waals surface area contributed by atoms with Gasteiger partial charge in [0.1, 0.15) is 0 Å². The van der Waals surface area contributed by atoms with E-state index >= 15 is 0 Å². The van der Waals surface area contributed by atoms with Gasteiger partial charge < -0.3 is 4.74 Å². The standard InChI is InChI=1S/C18H23NO3/c1-2-22-18(21)7-5-6-17(20)16-10-8-15(9-11-16)14-19-12-3-4-13-19/h3-4,8-11H,2,5-7,12-14H2,1H3. The van der Waals surface area contributed by atoms with Crippen molar-refractivity contribution in [1.82, 2.24) is 4.90 Å². The molecule has 2 rings (SSSR count). The van der Waals surface area contributed by atoms with E-state index in [4.69, 9.17) is 4.74 Å². The monoisotopic (exact) mass is 301 g/mol. The summed E-state index contributed by atoms with van der Waals surface area (Å²) in [5, 5.41) is 0. The summed E-state index contributed by atoms with van der Waals surface area (Å²) in [7, 11) is 0. The smallest absolute Gasteiger partial charge is 0.305 e. The summed E-state index contributed by atoms with van der Waals surface area (Å²) >= 11 is 0. The van der Waals surface area contributed by atoms with Crippen molar-refractivity contribution in [2.45, 2.75) is 32.7 Å². The Balaban J connectivity index is 1.76. The summed E-state index contributed by atoms with van der Waals surface area (Å²) in [5.74, 6) is -0.149. The summed E-state index contributed by atoms with van der Waals surface area (Å²) in [6.45, 7) is 5.07. The molecule has 0 fully saturated rings. The average Bonchev–Trinajstić information content (AvgIpc) is 3.01. The Morgan fingerprint density at radius 1 is 1.09 bits per heavy atom. The van der Waals surface area contributed by atoms with Crippen LogP contribution in [-0.4, -0.2) is 36.3 Å². The lowest BCUT2D eigenvalue weighted by atomic mass is 10.0. The normalized spacial score (nSPS) is 14.2. The lowest BCUT2D eigenvalue weighted by Gasteiger charge is -2.14. The van der Waals surface area contributed by atoms with Crippen LogP contribution >= 0.6 is 0 Å². The highest BCUT2D eigenvalue weighted by Gasteiger charge is 2.10. The van der Waals surface area contributed by atoms with Crippen molar-refractivity contribution in [3.8, 4) is 0 Å². The Morgan fingerprint density at radius 2 is 1.77 bits per heavy atom. The highest BCUT2D eigenvalue weighted by atomic mass is 16.5. The van der Waals surface area contributed by atoms with Crippen LogP contribution in [0.4, 0.5) is 0 Å². The minimum absolute atomic E-state index is 0.0821. The molecule has 0 unspecified atom stereocenters. The van der Waals surface area contributed by atoms with Crippen LogP contribution in [0.25, 0.3) is 0 Å². The molecule has 0 aromatic heterocycles. The van der Waals surface area contributed by atoms with Gasteiger partial charge in [-0.2, -0.15) is 0 Å². The molecule has 4 heteroatoms. The molecule has 0 atom stereocenters. The molecule has 0 amide bonds. The van der Waals surface area contributed by atoms with Gasteiger partial charge in [0.2, 0.25) is 0 Å². The number of esters is 1. The molecular weight excluding hydrogens is 278 g/mol. The zero-order valence-corrected chi connectivity index (χ0v) is 13.1. The van der Waals surface area contributed by atoms with E-state index in [-0.39, 0.29) is 11.8 Å². The van der Waals surface area contributed by atoms with Gasteiger partial charge in [-0.1, -0.05) is 36.4 Å². The molecule has 1 aromatic carbocycles. The van der Waals surface area contributed by atoms with Crippen LogP contribution in [0.5, 0.6) is 0 Å². The second-order valence-corrected chi connectivity index (χ2v) is 5.44. The van der Waals surface area contributed by atoms with Crippen LogP contribution in [0.15, 0.2) is 36.4 Å². The third kappa shape index (κ3) is 5.11. The highest BCUT2D eigenvalue weighted by molar-refractivity contribution is 5.96. The maximum atomic E-state index is 12.1. The molecule has 0 spiro atoms. The molecule has 118 valence electrons. The van der Waals surface area contributed by atoms with Gasteiger partial charge >= 0.3 is 5.97 Å². The Morgan fingerprint density at radius 3 is 2.41 bits per heavy atom. The average molecular weight is 301 g/mol. The lowest BCUT2D eigenvalue weighted by molar-refractivity contribution is -0.143. The number of carbonyl (C=O) groups excluding carboxylic acids is 2. The SMILES string of the molecule is CCOC(=O)CCCC(=O)c1ccc(CN2CC=CC2)cc1. The van der Waals surface area contributed by atoms with Crippen molar-refractivity contribution in [1.29, 1.82) is 0 Å². The van der Waals surface area contributed by atoms with Crippen LogP contribution in [0.1, 0.15) is 42.1 Å². The first-order valence-electron chi connectivity index (χ1n) is 7.84. The maximum Gasteiger partial charge on any atom is 0.305 e. The van der Waals surface area contributed by atoms with Crippen molar-refractivity contribution in [2.24, 2.45) is 0 Å². The van der Waals surface area contributed by atoms with E-state index in [2.05, 4.69) is 17.1 Å². The van der Waals surface area contributed by atoms with Crippen molar-refractivity contribution >= 4 is 11.8 Å². The van der Waals surface area contributed by atoms with Crippen molar-refractivity contribution in [3.05, 3.63) is 47.5 Å². The fraction of sp³-hybridized carbons (Fsp3) is 0.444. The second-order valence-electron chi connectivity index (χ2n) is 5.44. The molecule has 22 heavy (non-hydrogen) atoms. The number of hydrogen-bond donors (Lipinski definition) is 0. The fourth-order valence-corrected chi connectivity index (χ4v) is 2.48. The van der Waals surface area contributed by atoms with Gasteiger partial charge in [0.05, 0.1) is 6.61 Å². The van der Waals surface area contributed by atoms with E-state index < -0.39 is 0 Å². The van der Waals surface area contributed by atoms with Gasteiger partial charge in [-0.05, 0) is 18.9 Å². The summed E-state index contributed by atoms with van der Waals surface area (Å²) in [6, 6.07) is 7.78. The van der Waals surface area contributed by atoms with Crippen molar-refractivity contribution < 1.29 is 14.3 Å². The molecule has 0 N–H and O–H groups in total. The summed E-state index contributed by atoms with van der Waals surface area (Å²) in [6.07, 6.45) is 5.57. The number of benzene rings is 1. The Labute approximate surface area is 131 Å². The maximum absolute atomic E-state index is 12.1. The molecule has 0 aliphatic carbocycles. The molecule has 1 aliphatic heterocycles. The molecule has 0 bridgehead atoms. The van der Waals surface area contributed by atoms with Gasteiger partial charge in [-0.15, -0.1) is 0 Å². The summed E-state index contributed by atoms with van der Waals surface area (Å²) in [4.78, 5) is 25.6. The van der Waals surface area contributed by atoms with E-state index in [0.717, 1.165) is 19.6 Å². The Kier molecular flexibility index (Phi) is 6.34. The van der Waals surface area contributed by atoms with E-state index in [0.29, 0.717) is 31.4 Å². The van der Waals surface area contributed by atoms with Crippen LogP contribution in [0.2, 0.25) is 0 Å². The quantitative estimate of drug-likeness (QED) is 0.421. The third-order valence-electron chi connectivity index (χ3n) is 3.67. The van der Waals surface area contributed by atoms with Crippen molar-refractivity contribution in [2.75, 3.05) is 19.7 Å². The Hall–Kier alpha value is -1.94. The van der Waals surface area contributed by atoms with Crippen LogP contribution in [0.3, 0.4) is 0 Å². The summed E-state index contributed by atoms with van der Waals surface area (Å²) in [5.41, 5.74) is 1.93. The van der Waals surface area contributed by atoms with E-state index in [1.165, 1.54) is 5.56 Å². The molecule has 0 saturated heterocycles. The topological polar surface area (TPSA) is 46.6 Å². The number of Topliss-reactive ketones (excluding diaryl/α,β-unsaturated/α-hetero) is 1. The Bertz CT molecular complexity index is 526. The van der Waals surface area contributed by atoms with Gasteiger partial charge in [0.25, 0.3) is 0 Å². The number of ketones is 1. The summed E-state index contributed by atoms with van der Waals surface area (Å²) < 4.78 is 4.85. The minimum atomic E-state index is -0.232. The fourth-order valence-electron chi connectivity index (χ4n) is 2.48. The zero-order chi connectivity index (χ0) is 15.8. The first-order chi connectivity index (χ1) is 10.7. The van der Waals surface area contributed by atoms with Gasteiger partial charge in [0.15, 0.2) is 5.78 Å². The molecule has 1 heterocycles. The van der Waals surface area contributed by atoms with Crippen molar-refractivity contribution in [3.63, 3.8) is 0 Å². The van der Waals surface area contributed by atoms with E-state index in [1.807, 2.05) is 24.3 Å². The number of nitrogens with zero attached hydrogens (tertiary/aromatic N) is 1. The number of hydrogen-bond acceptors (Lipinski definition) is 4. The van der Waals surface area contributed by atoms with Gasteiger partial charge in [-0.25, -0.2) is 0 Å². The number of carbonyl (C=O) groups is 2. The zero-order valence-electron chi connectivity index (χ0n) is 13.1.